The molecule has 0 radical (unpaired) electrons. The molecule has 14 heavy (non-hydrogen) atoms. The van der Waals surface area contributed by atoms with Crippen LogP contribution in [0.15, 0.2) is 17.5 Å². The van der Waals surface area contributed by atoms with E-state index in [9.17, 15) is 0 Å². The molecular formula is C11H15BrOS. The minimum atomic E-state index is 0.446. The molecule has 2 rings (SSSR count). The number of thiophene rings is 1. The predicted molar refractivity (Wildman–Crippen MR) is 64.1 cm³/mol. The zero-order valence-corrected chi connectivity index (χ0v) is 10.7. The molecule has 3 heteroatoms. The van der Waals surface area contributed by atoms with Gasteiger partial charge in [-0.2, -0.15) is 0 Å². The molecule has 1 aliphatic heterocycles. The number of hydrogen-bond acceptors (Lipinski definition) is 2. The lowest BCUT2D eigenvalue weighted by molar-refractivity contribution is 0.0874. The normalized spacial score (nSPS) is 29.3. The summed E-state index contributed by atoms with van der Waals surface area (Å²) < 4.78 is 5.71. The van der Waals surface area contributed by atoms with Crippen molar-refractivity contribution in [2.24, 2.45) is 5.92 Å². The Morgan fingerprint density at radius 2 is 2.57 bits per heavy atom. The van der Waals surface area contributed by atoms with E-state index >= 15 is 0 Å². The van der Waals surface area contributed by atoms with E-state index in [0.29, 0.717) is 16.8 Å². The Hall–Kier alpha value is 0.140. The van der Waals surface area contributed by atoms with Crippen molar-refractivity contribution in [3.8, 4) is 0 Å². The summed E-state index contributed by atoms with van der Waals surface area (Å²) in [6.45, 7) is 3.13. The number of rotatable bonds is 3. The first-order valence-electron chi connectivity index (χ1n) is 5.12. The first kappa shape index (κ1) is 10.7. The first-order chi connectivity index (χ1) is 6.83. The summed E-state index contributed by atoms with van der Waals surface area (Å²) in [6.07, 6.45) is 2.76. The summed E-state index contributed by atoms with van der Waals surface area (Å²) in [5, 5.41) is 2.14. The molecule has 0 aromatic carbocycles. The topological polar surface area (TPSA) is 9.23 Å². The second kappa shape index (κ2) is 4.77. The van der Waals surface area contributed by atoms with Gasteiger partial charge in [-0.3, -0.25) is 0 Å². The quantitative estimate of drug-likeness (QED) is 0.758. The average molecular weight is 275 g/mol. The van der Waals surface area contributed by atoms with Gasteiger partial charge in [0.1, 0.15) is 0 Å². The fourth-order valence-electron chi connectivity index (χ4n) is 2.08. The van der Waals surface area contributed by atoms with Crippen LogP contribution in [0, 0.1) is 5.92 Å². The van der Waals surface area contributed by atoms with Gasteiger partial charge in [0.2, 0.25) is 0 Å². The smallest absolute Gasteiger partial charge is 0.0615 e. The lowest BCUT2D eigenvalue weighted by Gasteiger charge is -2.21. The van der Waals surface area contributed by atoms with Crippen molar-refractivity contribution in [3.63, 3.8) is 0 Å². The second-order valence-electron chi connectivity index (χ2n) is 3.69. The molecule has 0 amide bonds. The third kappa shape index (κ3) is 2.05. The molecule has 0 bridgehead atoms. The molecule has 0 spiro atoms. The molecule has 0 aliphatic carbocycles. The monoisotopic (exact) mass is 274 g/mol. The van der Waals surface area contributed by atoms with E-state index in [2.05, 4.69) is 40.4 Å². The minimum Gasteiger partial charge on any atom is -0.378 e. The molecule has 1 aliphatic rings. The Morgan fingerprint density at radius 3 is 3.21 bits per heavy atom. The molecule has 1 saturated heterocycles. The number of alkyl halides is 1. The molecule has 3 atom stereocenters. The van der Waals surface area contributed by atoms with Crippen molar-refractivity contribution >= 4 is 27.3 Å². The molecule has 1 fully saturated rings. The lowest BCUT2D eigenvalue weighted by Crippen LogP contribution is -2.18. The maximum atomic E-state index is 5.71. The Labute approximate surface area is 97.6 Å². The highest BCUT2D eigenvalue weighted by atomic mass is 79.9. The third-order valence-electron chi connectivity index (χ3n) is 2.85. The van der Waals surface area contributed by atoms with Gasteiger partial charge in [-0.1, -0.05) is 28.9 Å². The van der Waals surface area contributed by atoms with Gasteiger partial charge >= 0.3 is 0 Å². The maximum Gasteiger partial charge on any atom is 0.0615 e. The van der Waals surface area contributed by atoms with E-state index in [1.54, 1.807) is 0 Å². The van der Waals surface area contributed by atoms with Crippen LogP contribution in [-0.2, 0) is 4.74 Å². The van der Waals surface area contributed by atoms with Gasteiger partial charge in [-0.15, -0.1) is 11.3 Å². The standard InChI is InChI=1S/C11H15BrOS/c1-2-9-8(5-6-13-9)11(12)10-4-3-7-14-10/h3-4,7-9,11H,2,5-6H2,1H3. The number of ether oxygens (including phenoxy) is 1. The van der Waals surface area contributed by atoms with E-state index in [-0.39, 0.29) is 0 Å². The van der Waals surface area contributed by atoms with Crippen LogP contribution in [0.3, 0.4) is 0 Å². The first-order valence-corrected chi connectivity index (χ1v) is 6.91. The average Bonchev–Trinajstić information content (AvgIpc) is 2.87. The third-order valence-corrected chi connectivity index (χ3v) is 5.28. The van der Waals surface area contributed by atoms with Gasteiger partial charge in [-0.25, -0.2) is 0 Å². The zero-order valence-electron chi connectivity index (χ0n) is 8.28. The van der Waals surface area contributed by atoms with E-state index in [1.807, 2.05) is 11.3 Å². The molecule has 78 valence electrons. The van der Waals surface area contributed by atoms with Crippen molar-refractivity contribution in [1.29, 1.82) is 0 Å². The Balaban J connectivity index is 2.07. The van der Waals surface area contributed by atoms with Crippen molar-refractivity contribution in [2.75, 3.05) is 6.61 Å². The van der Waals surface area contributed by atoms with Gasteiger partial charge in [-0.05, 0) is 24.3 Å². The zero-order chi connectivity index (χ0) is 9.97. The van der Waals surface area contributed by atoms with Gasteiger partial charge in [0.05, 0.1) is 10.9 Å². The SMILES string of the molecule is CCC1OCCC1C(Br)c1cccs1. The minimum absolute atomic E-state index is 0.446. The van der Waals surface area contributed by atoms with Crippen molar-refractivity contribution in [1.82, 2.24) is 0 Å². The van der Waals surface area contributed by atoms with Gasteiger partial charge < -0.3 is 4.74 Å². The molecule has 0 saturated carbocycles. The van der Waals surface area contributed by atoms with Crippen molar-refractivity contribution in [3.05, 3.63) is 22.4 Å². The van der Waals surface area contributed by atoms with E-state index in [1.165, 1.54) is 11.3 Å². The summed E-state index contributed by atoms with van der Waals surface area (Å²) >= 11 is 5.63. The van der Waals surface area contributed by atoms with Crippen LogP contribution in [0.2, 0.25) is 0 Å². The molecule has 1 nitrogen and oxygen atoms in total. The summed E-state index contributed by atoms with van der Waals surface area (Å²) in [7, 11) is 0. The number of hydrogen-bond donors (Lipinski definition) is 0. The lowest BCUT2D eigenvalue weighted by atomic mass is 9.95. The highest BCUT2D eigenvalue weighted by Crippen LogP contribution is 2.41. The summed E-state index contributed by atoms with van der Waals surface area (Å²) in [4.78, 5) is 1.91. The van der Waals surface area contributed by atoms with Crippen LogP contribution in [-0.4, -0.2) is 12.7 Å². The Kier molecular flexibility index (Phi) is 3.63. The van der Waals surface area contributed by atoms with Crippen LogP contribution in [0.25, 0.3) is 0 Å². The van der Waals surface area contributed by atoms with E-state index in [4.69, 9.17) is 4.74 Å². The molecule has 2 heterocycles. The largest absolute Gasteiger partial charge is 0.378 e. The summed E-state index contributed by atoms with van der Waals surface area (Å²) in [6, 6.07) is 4.32. The molecular weight excluding hydrogens is 260 g/mol. The fourth-order valence-corrected chi connectivity index (χ4v) is 3.94. The Morgan fingerprint density at radius 1 is 1.71 bits per heavy atom. The van der Waals surface area contributed by atoms with Crippen molar-refractivity contribution in [2.45, 2.75) is 30.7 Å². The molecule has 3 unspecified atom stereocenters. The van der Waals surface area contributed by atoms with Gasteiger partial charge in [0.25, 0.3) is 0 Å². The van der Waals surface area contributed by atoms with Crippen LogP contribution in [0.1, 0.15) is 29.5 Å². The fraction of sp³-hybridized carbons (Fsp3) is 0.636. The number of halogens is 1. The molecule has 0 N–H and O–H groups in total. The predicted octanol–water partition coefficient (Wildman–Crippen LogP) is 4.00. The highest BCUT2D eigenvalue weighted by Gasteiger charge is 2.33. The van der Waals surface area contributed by atoms with E-state index < -0.39 is 0 Å². The molecule has 1 aromatic heterocycles. The van der Waals surface area contributed by atoms with Gasteiger partial charge in [0, 0.05) is 17.4 Å². The van der Waals surface area contributed by atoms with Crippen LogP contribution in [0.5, 0.6) is 0 Å². The van der Waals surface area contributed by atoms with Crippen LogP contribution < -0.4 is 0 Å². The van der Waals surface area contributed by atoms with Crippen molar-refractivity contribution < 1.29 is 4.74 Å². The van der Waals surface area contributed by atoms with Crippen LogP contribution in [0.4, 0.5) is 0 Å². The maximum absolute atomic E-state index is 5.71. The van der Waals surface area contributed by atoms with Crippen LogP contribution >= 0.6 is 27.3 Å². The summed E-state index contributed by atoms with van der Waals surface area (Å²) in [5.74, 6) is 0.652. The van der Waals surface area contributed by atoms with Gasteiger partial charge in [0.15, 0.2) is 0 Å². The van der Waals surface area contributed by atoms with E-state index in [0.717, 1.165) is 13.0 Å². The highest BCUT2D eigenvalue weighted by molar-refractivity contribution is 9.09. The summed E-state index contributed by atoms with van der Waals surface area (Å²) in [5.41, 5.74) is 0. The molecule has 1 aromatic rings. The second-order valence-corrected chi connectivity index (χ2v) is 5.65. The Bertz CT molecular complexity index is 273.